The molecule has 0 spiro atoms. The summed E-state index contributed by atoms with van der Waals surface area (Å²) >= 11 is 0. The molecule has 0 heterocycles. The third kappa shape index (κ3) is 2.65. The Morgan fingerprint density at radius 2 is 1.93 bits per heavy atom. The van der Waals surface area contributed by atoms with Crippen molar-refractivity contribution in [2.75, 3.05) is 7.11 Å². The minimum absolute atomic E-state index is 0.179. The summed E-state index contributed by atoms with van der Waals surface area (Å²) in [7, 11) is 1.20. The average molecular weight is 208 g/mol. The summed E-state index contributed by atoms with van der Waals surface area (Å²) in [5.41, 5.74) is 1.27. The Bertz CT molecular complexity index is 368. The second kappa shape index (κ2) is 4.73. The van der Waals surface area contributed by atoms with Crippen molar-refractivity contribution >= 4 is 5.97 Å². The summed E-state index contributed by atoms with van der Waals surface area (Å²) in [6, 6.07) is 6.83. The molecule has 2 nitrogen and oxygen atoms in total. The van der Waals surface area contributed by atoms with Crippen LogP contribution in [-0.4, -0.2) is 13.1 Å². The van der Waals surface area contributed by atoms with E-state index in [2.05, 4.69) is 11.3 Å². The Morgan fingerprint density at radius 1 is 1.40 bits per heavy atom. The van der Waals surface area contributed by atoms with Crippen LogP contribution in [0.3, 0.4) is 0 Å². The van der Waals surface area contributed by atoms with E-state index < -0.39 is 12.1 Å². The number of hydrogen-bond acceptors (Lipinski definition) is 2. The number of hydrogen-bond donors (Lipinski definition) is 0. The van der Waals surface area contributed by atoms with Gasteiger partial charge < -0.3 is 4.74 Å². The van der Waals surface area contributed by atoms with E-state index in [9.17, 15) is 9.18 Å². The molecular formula is C12H13FO2. The van der Waals surface area contributed by atoms with Gasteiger partial charge in [-0.3, -0.25) is 0 Å². The molecule has 0 radical (unpaired) electrons. The van der Waals surface area contributed by atoms with Crippen LogP contribution in [0.1, 0.15) is 17.3 Å². The molecule has 0 aliphatic rings. The van der Waals surface area contributed by atoms with Gasteiger partial charge in [-0.1, -0.05) is 36.4 Å². The molecule has 3 heteroatoms. The van der Waals surface area contributed by atoms with Gasteiger partial charge in [0.15, 0.2) is 6.17 Å². The zero-order valence-corrected chi connectivity index (χ0v) is 8.79. The first-order valence-corrected chi connectivity index (χ1v) is 4.54. The molecule has 0 unspecified atom stereocenters. The maximum atomic E-state index is 13.7. The lowest BCUT2D eigenvalue weighted by Crippen LogP contribution is -2.09. The van der Waals surface area contributed by atoms with Gasteiger partial charge in [0.2, 0.25) is 0 Å². The maximum Gasteiger partial charge on any atom is 0.336 e. The molecule has 0 fully saturated rings. The number of aryl methyl sites for hydroxylation is 1. The predicted octanol–water partition coefficient (Wildman–Crippen LogP) is 2.73. The second-order valence-electron chi connectivity index (χ2n) is 3.29. The van der Waals surface area contributed by atoms with Gasteiger partial charge in [-0.15, -0.1) is 0 Å². The van der Waals surface area contributed by atoms with Crippen LogP contribution in [0.25, 0.3) is 0 Å². The SMILES string of the molecule is C=C(C(=O)OC)[C@H](F)c1ccc(C)cc1. The van der Waals surface area contributed by atoms with Gasteiger partial charge in [-0.2, -0.15) is 0 Å². The van der Waals surface area contributed by atoms with Crippen LogP contribution in [0.15, 0.2) is 36.4 Å². The lowest BCUT2D eigenvalue weighted by molar-refractivity contribution is -0.136. The molecule has 1 aromatic rings. The van der Waals surface area contributed by atoms with Crippen molar-refractivity contribution in [1.82, 2.24) is 0 Å². The highest BCUT2D eigenvalue weighted by Crippen LogP contribution is 2.25. The topological polar surface area (TPSA) is 26.3 Å². The van der Waals surface area contributed by atoms with E-state index in [1.54, 1.807) is 24.3 Å². The Hall–Kier alpha value is -1.64. The van der Waals surface area contributed by atoms with Crippen molar-refractivity contribution in [2.45, 2.75) is 13.1 Å². The molecule has 1 rings (SSSR count). The van der Waals surface area contributed by atoms with Gasteiger partial charge >= 0.3 is 5.97 Å². The number of carbonyl (C=O) groups is 1. The van der Waals surface area contributed by atoms with Crippen molar-refractivity contribution in [2.24, 2.45) is 0 Å². The minimum atomic E-state index is -1.50. The fourth-order valence-corrected chi connectivity index (χ4v) is 1.17. The van der Waals surface area contributed by atoms with Crippen LogP contribution in [0.4, 0.5) is 4.39 Å². The molecule has 15 heavy (non-hydrogen) atoms. The van der Waals surface area contributed by atoms with E-state index in [0.717, 1.165) is 5.56 Å². The molecule has 0 aliphatic heterocycles. The number of methoxy groups -OCH3 is 1. The average Bonchev–Trinajstić information content (AvgIpc) is 2.27. The summed E-state index contributed by atoms with van der Waals surface area (Å²) in [6.07, 6.45) is -1.50. The van der Waals surface area contributed by atoms with Crippen LogP contribution in [0.2, 0.25) is 0 Å². The first kappa shape index (κ1) is 11.4. The normalized spacial score (nSPS) is 11.9. The molecule has 0 saturated heterocycles. The minimum Gasteiger partial charge on any atom is -0.466 e. The number of esters is 1. The molecule has 0 aliphatic carbocycles. The van der Waals surface area contributed by atoms with Crippen molar-refractivity contribution in [3.05, 3.63) is 47.5 Å². The smallest absolute Gasteiger partial charge is 0.336 e. The molecule has 80 valence electrons. The zero-order chi connectivity index (χ0) is 11.4. The fraction of sp³-hybridized carbons (Fsp3) is 0.250. The zero-order valence-electron chi connectivity index (χ0n) is 8.79. The number of carbonyl (C=O) groups excluding carboxylic acids is 1. The summed E-state index contributed by atoms with van der Waals surface area (Å²) in [5, 5.41) is 0. The highest BCUT2D eigenvalue weighted by atomic mass is 19.1. The summed E-state index contributed by atoms with van der Waals surface area (Å²) in [6.45, 7) is 5.28. The monoisotopic (exact) mass is 208 g/mol. The van der Waals surface area contributed by atoms with Crippen molar-refractivity contribution in [1.29, 1.82) is 0 Å². The van der Waals surface area contributed by atoms with Crippen LogP contribution in [0, 0.1) is 6.92 Å². The van der Waals surface area contributed by atoms with Gasteiger partial charge in [0.1, 0.15) is 0 Å². The third-order valence-electron chi connectivity index (χ3n) is 2.12. The Morgan fingerprint density at radius 3 is 2.40 bits per heavy atom. The van der Waals surface area contributed by atoms with Crippen LogP contribution < -0.4 is 0 Å². The van der Waals surface area contributed by atoms with Gasteiger partial charge in [0.25, 0.3) is 0 Å². The van der Waals surface area contributed by atoms with Crippen LogP contribution >= 0.6 is 0 Å². The van der Waals surface area contributed by atoms with Gasteiger partial charge in [0.05, 0.1) is 12.7 Å². The number of ether oxygens (including phenoxy) is 1. The Kier molecular flexibility index (Phi) is 3.61. The molecule has 0 amide bonds. The maximum absolute atomic E-state index is 13.7. The van der Waals surface area contributed by atoms with E-state index in [4.69, 9.17) is 0 Å². The lowest BCUT2D eigenvalue weighted by Gasteiger charge is -2.09. The molecular weight excluding hydrogens is 195 g/mol. The number of rotatable bonds is 3. The predicted molar refractivity (Wildman–Crippen MR) is 56.2 cm³/mol. The van der Waals surface area contributed by atoms with E-state index in [-0.39, 0.29) is 5.57 Å². The molecule has 1 atom stereocenters. The molecule has 0 N–H and O–H groups in total. The first-order chi connectivity index (χ1) is 7.06. The Labute approximate surface area is 88.4 Å². The number of benzene rings is 1. The van der Waals surface area contributed by atoms with E-state index >= 15 is 0 Å². The van der Waals surface area contributed by atoms with Crippen molar-refractivity contribution in [3.63, 3.8) is 0 Å². The molecule has 0 aromatic heterocycles. The van der Waals surface area contributed by atoms with E-state index in [1.165, 1.54) is 7.11 Å². The van der Waals surface area contributed by atoms with Crippen molar-refractivity contribution < 1.29 is 13.9 Å². The molecule has 0 bridgehead atoms. The largest absolute Gasteiger partial charge is 0.466 e. The highest BCUT2D eigenvalue weighted by molar-refractivity contribution is 5.89. The number of halogens is 1. The molecule has 0 saturated carbocycles. The van der Waals surface area contributed by atoms with E-state index in [1.807, 2.05) is 6.92 Å². The van der Waals surface area contributed by atoms with Gasteiger partial charge in [-0.05, 0) is 12.5 Å². The van der Waals surface area contributed by atoms with Crippen LogP contribution in [0.5, 0.6) is 0 Å². The lowest BCUT2D eigenvalue weighted by atomic mass is 10.0. The fourth-order valence-electron chi connectivity index (χ4n) is 1.17. The summed E-state index contributed by atoms with van der Waals surface area (Å²) < 4.78 is 18.1. The Balaban J connectivity index is 2.85. The van der Waals surface area contributed by atoms with Gasteiger partial charge in [-0.25, -0.2) is 9.18 Å². The third-order valence-corrected chi connectivity index (χ3v) is 2.12. The summed E-state index contributed by atoms with van der Waals surface area (Å²) in [4.78, 5) is 11.0. The van der Waals surface area contributed by atoms with Crippen molar-refractivity contribution in [3.8, 4) is 0 Å². The van der Waals surface area contributed by atoms with E-state index in [0.29, 0.717) is 5.56 Å². The first-order valence-electron chi connectivity index (χ1n) is 4.54. The van der Waals surface area contributed by atoms with Crippen LogP contribution in [-0.2, 0) is 9.53 Å². The quantitative estimate of drug-likeness (QED) is 0.564. The standard InChI is InChI=1S/C12H13FO2/c1-8-4-6-10(7-5-8)11(13)9(2)12(14)15-3/h4-7,11H,2H2,1,3H3/t11-/m0/s1. The second-order valence-corrected chi connectivity index (χ2v) is 3.29. The number of alkyl halides is 1. The highest BCUT2D eigenvalue weighted by Gasteiger charge is 2.20. The summed E-state index contributed by atoms with van der Waals surface area (Å²) in [5.74, 6) is -0.719. The molecule has 1 aromatic carbocycles. The van der Waals surface area contributed by atoms with Gasteiger partial charge in [0, 0.05) is 0 Å².